The third-order valence-electron chi connectivity index (χ3n) is 5.65. The molecule has 31 heavy (non-hydrogen) atoms. The van der Waals surface area contributed by atoms with Crippen LogP contribution in [0.15, 0.2) is 53.9 Å². The molecular weight excluding hydrogens is 410 g/mol. The number of fused-ring (bicyclic) bond motifs is 1. The Bertz CT molecular complexity index is 1050. The van der Waals surface area contributed by atoms with Crippen molar-refractivity contribution in [3.63, 3.8) is 0 Å². The van der Waals surface area contributed by atoms with E-state index < -0.39 is 6.10 Å². The first-order valence-electron chi connectivity index (χ1n) is 10.3. The molecule has 0 saturated heterocycles. The molecule has 0 N–H and O–H groups in total. The number of methoxy groups -OCH3 is 2. The highest BCUT2D eigenvalue weighted by Crippen LogP contribution is 2.42. The Morgan fingerprint density at radius 1 is 1.10 bits per heavy atom. The molecule has 0 aliphatic carbocycles. The van der Waals surface area contributed by atoms with Crippen molar-refractivity contribution in [2.75, 3.05) is 20.8 Å². The quantitative estimate of drug-likeness (QED) is 0.544. The maximum Gasteiger partial charge on any atom is 0.264 e. The Kier molecular flexibility index (Phi) is 6.18. The number of aryl methyl sites for hydroxylation is 1. The molecule has 1 amide bonds. The van der Waals surface area contributed by atoms with E-state index >= 15 is 0 Å². The summed E-state index contributed by atoms with van der Waals surface area (Å²) >= 11 is 1.65. The van der Waals surface area contributed by atoms with Gasteiger partial charge in [-0.3, -0.25) is 4.79 Å². The Morgan fingerprint density at radius 2 is 1.81 bits per heavy atom. The van der Waals surface area contributed by atoms with Crippen molar-refractivity contribution < 1.29 is 19.0 Å². The zero-order chi connectivity index (χ0) is 22.0. The lowest BCUT2D eigenvalue weighted by Crippen LogP contribution is -2.46. The van der Waals surface area contributed by atoms with E-state index in [1.807, 2.05) is 66.6 Å². The van der Waals surface area contributed by atoms with Crippen molar-refractivity contribution >= 4 is 17.2 Å². The number of ether oxygens (including phenoxy) is 3. The van der Waals surface area contributed by atoms with Crippen LogP contribution in [0.4, 0.5) is 0 Å². The van der Waals surface area contributed by atoms with E-state index in [4.69, 9.17) is 14.2 Å². The summed E-state index contributed by atoms with van der Waals surface area (Å²) in [6.45, 7) is 4.46. The van der Waals surface area contributed by atoms with E-state index in [9.17, 15) is 4.79 Å². The highest BCUT2D eigenvalue weighted by molar-refractivity contribution is 7.10. The van der Waals surface area contributed by atoms with E-state index in [0.717, 1.165) is 22.4 Å². The van der Waals surface area contributed by atoms with Crippen molar-refractivity contribution in [3.05, 3.63) is 75.5 Å². The molecule has 0 saturated carbocycles. The van der Waals surface area contributed by atoms with Crippen LogP contribution in [0.2, 0.25) is 0 Å². The number of nitrogens with zero attached hydrogens (tertiary/aromatic N) is 1. The number of hydrogen-bond donors (Lipinski definition) is 0. The van der Waals surface area contributed by atoms with Crippen molar-refractivity contribution in [1.29, 1.82) is 0 Å². The van der Waals surface area contributed by atoms with Crippen LogP contribution < -0.4 is 14.2 Å². The van der Waals surface area contributed by atoms with Crippen LogP contribution in [0, 0.1) is 6.92 Å². The van der Waals surface area contributed by atoms with Crippen LogP contribution in [0.25, 0.3) is 0 Å². The summed E-state index contributed by atoms with van der Waals surface area (Å²) in [6.07, 6.45) is 0.160. The van der Waals surface area contributed by atoms with Crippen molar-refractivity contribution in [2.45, 2.75) is 32.4 Å². The van der Waals surface area contributed by atoms with Crippen molar-refractivity contribution in [2.24, 2.45) is 0 Å². The third-order valence-corrected chi connectivity index (χ3v) is 6.58. The topological polar surface area (TPSA) is 48.0 Å². The van der Waals surface area contributed by atoms with E-state index in [-0.39, 0.29) is 11.9 Å². The minimum absolute atomic E-state index is 0.0283. The largest absolute Gasteiger partial charge is 0.493 e. The maximum absolute atomic E-state index is 13.5. The van der Waals surface area contributed by atoms with Crippen LogP contribution >= 0.6 is 11.3 Å². The van der Waals surface area contributed by atoms with Gasteiger partial charge in [-0.05, 0) is 67.1 Å². The van der Waals surface area contributed by atoms with Crippen LogP contribution in [0.1, 0.15) is 34.5 Å². The molecule has 1 aromatic heterocycles. The summed E-state index contributed by atoms with van der Waals surface area (Å²) in [6, 6.07) is 15.7. The van der Waals surface area contributed by atoms with E-state index in [0.29, 0.717) is 23.8 Å². The minimum Gasteiger partial charge on any atom is -0.493 e. The third kappa shape index (κ3) is 4.26. The van der Waals surface area contributed by atoms with E-state index in [2.05, 4.69) is 6.07 Å². The van der Waals surface area contributed by atoms with Crippen LogP contribution in [-0.2, 0) is 11.2 Å². The molecule has 4 rings (SSSR count). The SMILES string of the molecule is COc1cc2c(cc1OC)[C@@H](c1cccs1)N(C(=O)[C@@H](C)Oc1ccc(C)cc1)CC2. The normalized spacial score (nSPS) is 16.4. The zero-order valence-electron chi connectivity index (χ0n) is 18.3. The van der Waals surface area contributed by atoms with Crippen LogP contribution in [-0.4, -0.2) is 37.7 Å². The molecule has 2 heterocycles. The zero-order valence-corrected chi connectivity index (χ0v) is 19.1. The predicted octanol–water partition coefficient (Wildman–Crippen LogP) is 5.02. The smallest absolute Gasteiger partial charge is 0.264 e. The fraction of sp³-hybridized carbons (Fsp3) is 0.320. The maximum atomic E-state index is 13.5. The van der Waals surface area contributed by atoms with Gasteiger partial charge < -0.3 is 19.1 Å². The van der Waals surface area contributed by atoms with Gasteiger partial charge in [-0.15, -0.1) is 11.3 Å². The highest BCUT2D eigenvalue weighted by Gasteiger charge is 2.36. The number of rotatable bonds is 6. The van der Waals surface area contributed by atoms with Gasteiger partial charge in [-0.2, -0.15) is 0 Å². The van der Waals surface area contributed by atoms with Gasteiger partial charge in [0.2, 0.25) is 0 Å². The first-order chi connectivity index (χ1) is 15.0. The van der Waals surface area contributed by atoms with Gasteiger partial charge in [0.1, 0.15) is 5.75 Å². The van der Waals surface area contributed by atoms with Crippen molar-refractivity contribution in [1.82, 2.24) is 4.90 Å². The predicted molar refractivity (Wildman–Crippen MR) is 122 cm³/mol. The number of thiophene rings is 1. The molecule has 0 bridgehead atoms. The molecule has 0 fully saturated rings. The number of benzene rings is 2. The number of hydrogen-bond acceptors (Lipinski definition) is 5. The number of carbonyl (C=O) groups excluding carboxylic acids is 1. The van der Waals surface area contributed by atoms with Gasteiger partial charge >= 0.3 is 0 Å². The molecule has 5 nitrogen and oxygen atoms in total. The van der Waals surface area contributed by atoms with Gasteiger partial charge in [0.05, 0.1) is 20.3 Å². The summed E-state index contributed by atoms with van der Waals surface area (Å²) in [5, 5.41) is 2.04. The monoisotopic (exact) mass is 437 g/mol. The summed E-state index contributed by atoms with van der Waals surface area (Å²) < 4.78 is 17.0. The average Bonchev–Trinajstić information content (AvgIpc) is 3.32. The Morgan fingerprint density at radius 3 is 2.45 bits per heavy atom. The summed E-state index contributed by atoms with van der Waals surface area (Å²) in [7, 11) is 3.28. The van der Waals surface area contributed by atoms with Crippen molar-refractivity contribution in [3.8, 4) is 17.2 Å². The lowest BCUT2D eigenvalue weighted by molar-refractivity contribution is -0.140. The first kappa shape index (κ1) is 21.2. The Hall–Kier alpha value is -2.99. The average molecular weight is 438 g/mol. The number of carbonyl (C=O) groups is 1. The molecule has 0 unspecified atom stereocenters. The van der Waals surface area contributed by atoms with Gasteiger partial charge in [0.15, 0.2) is 17.6 Å². The molecule has 2 aromatic carbocycles. The highest BCUT2D eigenvalue weighted by atomic mass is 32.1. The second-order valence-corrected chi connectivity index (χ2v) is 8.66. The Labute approximate surface area is 187 Å². The molecule has 162 valence electrons. The molecule has 3 aromatic rings. The first-order valence-corrected chi connectivity index (χ1v) is 11.2. The fourth-order valence-electron chi connectivity index (χ4n) is 4.04. The second-order valence-electron chi connectivity index (χ2n) is 7.68. The molecule has 1 aliphatic heterocycles. The fourth-order valence-corrected chi connectivity index (χ4v) is 4.90. The molecule has 0 radical (unpaired) electrons. The van der Waals surface area contributed by atoms with Gasteiger partial charge in [-0.25, -0.2) is 0 Å². The standard InChI is InChI=1S/C25H27NO4S/c1-16-7-9-19(10-8-16)30-17(2)25(27)26-12-11-18-14-21(28-3)22(29-4)15-20(18)24(26)23-6-5-13-31-23/h5-10,13-15,17,24H,11-12H2,1-4H3/t17-,24+/m1/s1. The molecule has 2 atom stereocenters. The lowest BCUT2D eigenvalue weighted by atomic mass is 9.90. The second kappa shape index (κ2) is 9.02. The van der Waals surface area contributed by atoms with Crippen LogP contribution in [0.5, 0.6) is 17.2 Å². The number of amides is 1. The summed E-state index contributed by atoms with van der Waals surface area (Å²) in [5.41, 5.74) is 3.40. The molecule has 1 aliphatic rings. The lowest BCUT2D eigenvalue weighted by Gasteiger charge is -2.38. The summed E-state index contributed by atoms with van der Waals surface area (Å²) in [5.74, 6) is 2.05. The molecule has 0 spiro atoms. The van der Waals surface area contributed by atoms with Gasteiger partial charge in [0, 0.05) is 11.4 Å². The summed E-state index contributed by atoms with van der Waals surface area (Å²) in [4.78, 5) is 16.6. The van der Waals surface area contributed by atoms with Gasteiger partial charge in [-0.1, -0.05) is 23.8 Å². The minimum atomic E-state index is -0.591. The van der Waals surface area contributed by atoms with Gasteiger partial charge in [0.25, 0.3) is 5.91 Å². The molecule has 6 heteroatoms. The van der Waals surface area contributed by atoms with E-state index in [1.54, 1.807) is 25.6 Å². The van der Waals surface area contributed by atoms with E-state index in [1.165, 1.54) is 5.56 Å². The van der Waals surface area contributed by atoms with Crippen LogP contribution in [0.3, 0.4) is 0 Å². The molecular formula is C25H27NO4S. The Balaban J connectivity index is 1.67.